The predicted molar refractivity (Wildman–Crippen MR) is 124 cm³/mol. The van der Waals surface area contributed by atoms with E-state index in [1.165, 1.54) is 0 Å². The minimum absolute atomic E-state index is 0.130. The van der Waals surface area contributed by atoms with Crippen LogP contribution < -0.4 is 19.8 Å². The number of aryl methyl sites for hydroxylation is 1. The number of hydrogen-bond acceptors (Lipinski definition) is 6. The molecule has 0 spiro atoms. The number of hydrogen-bond donors (Lipinski definition) is 1. The second kappa shape index (κ2) is 8.81. The minimum atomic E-state index is -0.130. The predicted octanol–water partition coefficient (Wildman–Crippen LogP) is 4.83. The molecule has 1 N–H and O–H groups in total. The highest BCUT2D eigenvalue weighted by Crippen LogP contribution is 2.38. The van der Waals surface area contributed by atoms with E-state index in [0.29, 0.717) is 29.1 Å². The normalized spacial score (nSPS) is 11.0. The van der Waals surface area contributed by atoms with Gasteiger partial charge in [-0.1, -0.05) is 25.1 Å². The summed E-state index contributed by atoms with van der Waals surface area (Å²) in [7, 11) is 4.85. The standard InChI is InChI=1S/C24H24N2O4S/c1-5-19-21(15-7-6-8-16(13-15)28-2)22-23(27)25-20(26-24(22)31-19)12-14-9-10-17(29-3)18(11-14)30-4/h6-11,13H,5,12H2,1-4H3,(H,25,26,27). The molecule has 0 amide bonds. The van der Waals surface area contributed by atoms with Crippen molar-refractivity contribution >= 4 is 21.6 Å². The van der Waals surface area contributed by atoms with Gasteiger partial charge < -0.3 is 19.2 Å². The summed E-state index contributed by atoms with van der Waals surface area (Å²) in [5.74, 6) is 2.68. The molecule has 2 heterocycles. The average Bonchev–Trinajstić information content (AvgIpc) is 3.18. The van der Waals surface area contributed by atoms with Crippen LogP contribution in [-0.2, 0) is 12.8 Å². The van der Waals surface area contributed by atoms with E-state index < -0.39 is 0 Å². The zero-order chi connectivity index (χ0) is 22.0. The Morgan fingerprint density at radius 2 is 1.81 bits per heavy atom. The van der Waals surface area contributed by atoms with Crippen LogP contribution in [0.5, 0.6) is 17.2 Å². The molecule has 0 saturated carbocycles. The van der Waals surface area contributed by atoms with Gasteiger partial charge in [-0.05, 0) is 41.8 Å². The molecular weight excluding hydrogens is 412 g/mol. The highest BCUT2D eigenvalue weighted by Gasteiger charge is 2.19. The summed E-state index contributed by atoms with van der Waals surface area (Å²) in [4.78, 5) is 22.8. The van der Waals surface area contributed by atoms with Gasteiger partial charge in [-0.2, -0.15) is 0 Å². The van der Waals surface area contributed by atoms with Crippen molar-refractivity contribution in [3.63, 3.8) is 0 Å². The van der Waals surface area contributed by atoms with Gasteiger partial charge in [0, 0.05) is 16.9 Å². The second-order valence-corrected chi connectivity index (χ2v) is 8.13. The summed E-state index contributed by atoms with van der Waals surface area (Å²) < 4.78 is 16.1. The Morgan fingerprint density at radius 3 is 2.52 bits per heavy atom. The Morgan fingerprint density at radius 1 is 1.00 bits per heavy atom. The van der Waals surface area contributed by atoms with Crippen molar-refractivity contribution in [3.8, 4) is 28.4 Å². The lowest BCUT2D eigenvalue weighted by Crippen LogP contribution is -2.12. The van der Waals surface area contributed by atoms with Crippen molar-refractivity contribution in [1.29, 1.82) is 0 Å². The molecular formula is C24H24N2O4S. The highest BCUT2D eigenvalue weighted by molar-refractivity contribution is 7.19. The molecule has 2 aromatic carbocycles. The van der Waals surface area contributed by atoms with Crippen LogP contribution in [0.25, 0.3) is 21.3 Å². The van der Waals surface area contributed by atoms with Crippen LogP contribution in [0.4, 0.5) is 0 Å². The Bertz CT molecular complexity index is 1290. The van der Waals surface area contributed by atoms with Crippen molar-refractivity contribution in [2.24, 2.45) is 0 Å². The number of benzene rings is 2. The van der Waals surface area contributed by atoms with Crippen LogP contribution in [0.1, 0.15) is 23.2 Å². The summed E-state index contributed by atoms with van der Waals surface area (Å²) in [6, 6.07) is 13.5. The third-order valence-corrected chi connectivity index (χ3v) is 6.41. The third kappa shape index (κ3) is 4.01. The van der Waals surface area contributed by atoms with E-state index in [-0.39, 0.29) is 5.56 Å². The lowest BCUT2D eigenvalue weighted by molar-refractivity contribution is 0.354. The number of fused-ring (bicyclic) bond motifs is 1. The van der Waals surface area contributed by atoms with E-state index in [1.807, 2.05) is 42.5 Å². The SMILES string of the molecule is CCc1sc2nc(Cc3ccc(OC)c(OC)c3)[nH]c(=O)c2c1-c1cccc(OC)c1. The second-order valence-electron chi connectivity index (χ2n) is 7.04. The zero-order valence-corrected chi connectivity index (χ0v) is 18.8. The number of rotatable bonds is 7. The molecule has 0 fully saturated rings. The molecule has 0 aliphatic rings. The fourth-order valence-corrected chi connectivity index (χ4v) is 4.85. The molecule has 2 aromatic heterocycles. The molecule has 0 aliphatic carbocycles. The van der Waals surface area contributed by atoms with E-state index in [9.17, 15) is 4.79 Å². The molecule has 4 aromatic rings. The molecule has 6 nitrogen and oxygen atoms in total. The zero-order valence-electron chi connectivity index (χ0n) is 17.9. The van der Waals surface area contributed by atoms with E-state index >= 15 is 0 Å². The van der Waals surface area contributed by atoms with E-state index in [4.69, 9.17) is 19.2 Å². The van der Waals surface area contributed by atoms with Crippen molar-refractivity contribution in [2.75, 3.05) is 21.3 Å². The fourth-order valence-electron chi connectivity index (χ4n) is 3.70. The lowest BCUT2D eigenvalue weighted by Gasteiger charge is -2.09. The first-order valence-corrected chi connectivity index (χ1v) is 10.8. The molecule has 160 valence electrons. The Labute approximate surface area is 184 Å². The van der Waals surface area contributed by atoms with Gasteiger partial charge in [0.05, 0.1) is 26.7 Å². The van der Waals surface area contributed by atoms with Crippen LogP contribution in [0.3, 0.4) is 0 Å². The number of aromatic nitrogens is 2. The first-order valence-electron chi connectivity index (χ1n) is 9.97. The van der Waals surface area contributed by atoms with Gasteiger partial charge in [0.2, 0.25) is 0 Å². The molecule has 0 atom stereocenters. The van der Waals surface area contributed by atoms with Crippen LogP contribution in [0, 0.1) is 0 Å². The molecule has 7 heteroatoms. The number of aromatic amines is 1. The monoisotopic (exact) mass is 436 g/mol. The maximum atomic E-state index is 13.1. The maximum Gasteiger partial charge on any atom is 0.260 e. The number of nitrogens with zero attached hydrogens (tertiary/aromatic N) is 1. The van der Waals surface area contributed by atoms with Gasteiger partial charge >= 0.3 is 0 Å². The number of H-pyrrole nitrogens is 1. The molecule has 0 radical (unpaired) electrons. The first-order chi connectivity index (χ1) is 15.1. The van der Waals surface area contributed by atoms with Gasteiger partial charge in [-0.3, -0.25) is 4.79 Å². The summed E-state index contributed by atoms with van der Waals surface area (Å²) >= 11 is 1.57. The Kier molecular flexibility index (Phi) is 5.95. The summed E-state index contributed by atoms with van der Waals surface area (Å²) in [5, 5.41) is 0.631. The average molecular weight is 437 g/mol. The Balaban J connectivity index is 1.79. The van der Waals surface area contributed by atoms with Gasteiger partial charge in [0.1, 0.15) is 16.4 Å². The van der Waals surface area contributed by atoms with Crippen molar-refractivity contribution < 1.29 is 14.2 Å². The number of methoxy groups -OCH3 is 3. The first kappa shape index (κ1) is 20.9. The molecule has 0 unspecified atom stereocenters. The molecule has 0 saturated heterocycles. The van der Waals surface area contributed by atoms with Gasteiger partial charge in [-0.25, -0.2) is 4.98 Å². The van der Waals surface area contributed by atoms with Crippen molar-refractivity contribution in [3.05, 3.63) is 69.1 Å². The fraction of sp³-hybridized carbons (Fsp3) is 0.250. The Hall–Kier alpha value is -3.32. The van der Waals surface area contributed by atoms with Gasteiger partial charge in [0.15, 0.2) is 11.5 Å². The number of nitrogens with one attached hydrogen (secondary N) is 1. The molecule has 0 bridgehead atoms. The topological polar surface area (TPSA) is 73.4 Å². The smallest absolute Gasteiger partial charge is 0.260 e. The lowest BCUT2D eigenvalue weighted by atomic mass is 10.0. The largest absolute Gasteiger partial charge is 0.497 e. The third-order valence-electron chi connectivity index (χ3n) is 5.18. The number of thiophene rings is 1. The van der Waals surface area contributed by atoms with Crippen LogP contribution in [-0.4, -0.2) is 31.3 Å². The van der Waals surface area contributed by atoms with Crippen LogP contribution in [0.15, 0.2) is 47.3 Å². The summed E-state index contributed by atoms with van der Waals surface area (Å²) in [5.41, 5.74) is 2.74. The summed E-state index contributed by atoms with van der Waals surface area (Å²) in [6.45, 7) is 2.09. The number of ether oxygens (including phenoxy) is 3. The van der Waals surface area contributed by atoms with E-state index in [1.54, 1.807) is 32.7 Å². The van der Waals surface area contributed by atoms with Crippen molar-refractivity contribution in [2.45, 2.75) is 19.8 Å². The maximum absolute atomic E-state index is 13.1. The van der Waals surface area contributed by atoms with E-state index in [0.717, 1.165) is 38.6 Å². The molecule has 4 rings (SSSR count). The molecule has 31 heavy (non-hydrogen) atoms. The van der Waals surface area contributed by atoms with Gasteiger partial charge in [-0.15, -0.1) is 11.3 Å². The quantitative estimate of drug-likeness (QED) is 0.449. The van der Waals surface area contributed by atoms with Crippen molar-refractivity contribution in [1.82, 2.24) is 9.97 Å². The van der Waals surface area contributed by atoms with E-state index in [2.05, 4.69) is 11.9 Å². The minimum Gasteiger partial charge on any atom is -0.497 e. The van der Waals surface area contributed by atoms with Crippen LogP contribution >= 0.6 is 11.3 Å². The summed E-state index contributed by atoms with van der Waals surface area (Å²) in [6.07, 6.45) is 1.30. The molecule has 0 aliphatic heterocycles. The van der Waals surface area contributed by atoms with Crippen LogP contribution in [0.2, 0.25) is 0 Å². The highest BCUT2D eigenvalue weighted by atomic mass is 32.1. The van der Waals surface area contributed by atoms with Gasteiger partial charge in [0.25, 0.3) is 5.56 Å².